The lowest BCUT2D eigenvalue weighted by atomic mass is 9.97. The van der Waals surface area contributed by atoms with Crippen LogP contribution in [0.25, 0.3) is 0 Å². The average molecular weight is 249 g/mol. The van der Waals surface area contributed by atoms with Crippen molar-refractivity contribution in [1.29, 1.82) is 0 Å². The second-order valence-electron chi connectivity index (χ2n) is 5.50. The monoisotopic (exact) mass is 249 g/mol. The zero-order chi connectivity index (χ0) is 13.2. The molecule has 1 aliphatic heterocycles. The summed E-state index contributed by atoms with van der Waals surface area (Å²) in [5, 5.41) is 10.2. The van der Waals surface area contributed by atoms with Gasteiger partial charge in [-0.1, -0.05) is 25.1 Å². The van der Waals surface area contributed by atoms with E-state index in [4.69, 9.17) is 4.74 Å². The van der Waals surface area contributed by atoms with Gasteiger partial charge in [0.1, 0.15) is 0 Å². The Balaban J connectivity index is 2.37. The van der Waals surface area contributed by atoms with E-state index in [1.165, 1.54) is 0 Å². The molecule has 1 heterocycles. The molecular weight excluding hydrogens is 226 g/mol. The van der Waals surface area contributed by atoms with Crippen molar-refractivity contribution < 1.29 is 9.84 Å². The number of rotatable bonds is 3. The summed E-state index contributed by atoms with van der Waals surface area (Å²) in [6, 6.07) is 8.15. The number of anilines is 1. The average Bonchev–Trinajstić information content (AvgIpc) is 2.37. The molecule has 0 saturated carbocycles. The van der Waals surface area contributed by atoms with Crippen LogP contribution in [0.3, 0.4) is 0 Å². The number of para-hydroxylation sites is 1. The number of morpholine rings is 1. The summed E-state index contributed by atoms with van der Waals surface area (Å²) in [5.41, 5.74) is 2.14. The van der Waals surface area contributed by atoms with Gasteiger partial charge in [-0.3, -0.25) is 0 Å². The maximum absolute atomic E-state index is 10.2. The molecule has 1 unspecified atom stereocenters. The number of aliphatic hydroxyl groups excluding tert-OH is 1. The van der Waals surface area contributed by atoms with E-state index in [9.17, 15) is 5.11 Å². The molecule has 3 heteroatoms. The first-order chi connectivity index (χ1) is 8.56. The van der Waals surface area contributed by atoms with E-state index in [1.54, 1.807) is 0 Å². The Morgan fingerprint density at radius 3 is 2.78 bits per heavy atom. The first kappa shape index (κ1) is 13.4. The van der Waals surface area contributed by atoms with E-state index in [2.05, 4.69) is 24.8 Å². The largest absolute Gasteiger partial charge is 0.388 e. The predicted molar refractivity (Wildman–Crippen MR) is 73.9 cm³/mol. The molecule has 1 atom stereocenters. The molecule has 1 aliphatic rings. The Labute approximate surface area is 109 Å². The Morgan fingerprint density at radius 2 is 2.11 bits per heavy atom. The standard InChI is InChI=1S/C15H23NO2/c1-4-14(17)12-7-5-6-8-13(12)16-9-10-18-11-15(16,2)3/h5-8,14,17H,4,9-11H2,1-3H3. The summed E-state index contributed by atoms with van der Waals surface area (Å²) in [5.74, 6) is 0. The number of aliphatic hydroxyl groups is 1. The van der Waals surface area contributed by atoms with Crippen LogP contribution in [0.5, 0.6) is 0 Å². The predicted octanol–water partition coefficient (Wildman–Crippen LogP) is 2.75. The lowest BCUT2D eigenvalue weighted by Gasteiger charge is -2.44. The maximum Gasteiger partial charge on any atom is 0.0807 e. The molecule has 1 aromatic rings. The van der Waals surface area contributed by atoms with Gasteiger partial charge < -0.3 is 14.7 Å². The smallest absolute Gasteiger partial charge is 0.0807 e. The Hall–Kier alpha value is -1.06. The van der Waals surface area contributed by atoms with Crippen molar-refractivity contribution in [2.45, 2.75) is 38.8 Å². The van der Waals surface area contributed by atoms with Crippen molar-refractivity contribution in [2.75, 3.05) is 24.7 Å². The molecule has 1 aromatic carbocycles. The fraction of sp³-hybridized carbons (Fsp3) is 0.600. The van der Waals surface area contributed by atoms with Gasteiger partial charge in [0.15, 0.2) is 0 Å². The van der Waals surface area contributed by atoms with Gasteiger partial charge >= 0.3 is 0 Å². The van der Waals surface area contributed by atoms with Crippen molar-refractivity contribution in [3.63, 3.8) is 0 Å². The minimum Gasteiger partial charge on any atom is -0.388 e. The quantitative estimate of drug-likeness (QED) is 0.894. The molecular formula is C15H23NO2. The molecule has 0 aromatic heterocycles. The van der Waals surface area contributed by atoms with Crippen LogP contribution in [-0.4, -0.2) is 30.4 Å². The molecule has 0 spiro atoms. The third-order valence-corrected chi connectivity index (χ3v) is 3.62. The topological polar surface area (TPSA) is 32.7 Å². The van der Waals surface area contributed by atoms with Gasteiger partial charge in [0.25, 0.3) is 0 Å². The van der Waals surface area contributed by atoms with Crippen LogP contribution in [0.4, 0.5) is 5.69 Å². The van der Waals surface area contributed by atoms with Gasteiger partial charge in [0, 0.05) is 17.8 Å². The van der Waals surface area contributed by atoms with Crippen LogP contribution in [0.15, 0.2) is 24.3 Å². The fourth-order valence-corrected chi connectivity index (χ4v) is 2.54. The minimum absolute atomic E-state index is 0.0260. The van der Waals surface area contributed by atoms with E-state index >= 15 is 0 Å². The third kappa shape index (κ3) is 2.52. The SMILES string of the molecule is CCC(O)c1ccccc1N1CCOCC1(C)C. The van der Waals surface area contributed by atoms with Crippen molar-refractivity contribution in [2.24, 2.45) is 0 Å². The van der Waals surface area contributed by atoms with E-state index in [0.29, 0.717) is 0 Å². The second kappa shape index (κ2) is 5.29. The highest BCUT2D eigenvalue weighted by molar-refractivity contribution is 5.56. The number of nitrogens with zero attached hydrogens (tertiary/aromatic N) is 1. The molecule has 0 bridgehead atoms. The lowest BCUT2D eigenvalue weighted by Crippen LogP contribution is -2.53. The van der Waals surface area contributed by atoms with Crippen molar-refractivity contribution >= 4 is 5.69 Å². The fourth-order valence-electron chi connectivity index (χ4n) is 2.54. The Bertz CT molecular complexity index is 403. The molecule has 1 saturated heterocycles. The summed E-state index contributed by atoms with van der Waals surface area (Å²) >= 11 is 0. The molecule has 1 N–H and O–H groups in total. The molecule has 100 valence electrons. The number of benzene rings is 1. The third-order valence-electron chi connectivity index (χ3n) is 3.62. The highest BCUT2D eigenvalue weighted by Crippen LogP contribution is 2.33. The Kier molecular flexibility index (Phi) is 3.93. The zero-order valence-electron chi connectivity index (χ0n) is 11.5. The number of hydrogen-bond donors (Lipinski definition) is 1. The summed E-state index contributed by atoms with van der Waals surface area (Å²) < 4.78 is 5.56. The van der Waals surface area contributed by atoms with Crippen LogP contribution in [0.2, 0.25) is 0 Å². The van der Waals surface area contributed by atoms with Crippen LogP contribution in [0, 0.1) is 0 Å². The zero-order valence-corrected chi connectivity index (χ0v) is 11.5. The van der Waals surface area contributed by atoms with Crippen molar-refractivity contribution in [3.05, 3.63) is 29.8 Å². The Morgan fingerprint density at radius 1 is 1.39 bits per heavy atom. The highest BCUT2D eigenvalue weighted by atomic mass is 16.5. The van der Waals surface area contributed by atoms with Crippen molar-refractivity contribution in [3.8, 4) is 0 Å². The normalized spacial score (nSPS) is 20.8. The molecule has 18 heavy (non-hydrogen) atoms. The van der Waals surface area contributed by atoms with Gasteiger partial charge in [-0.2, -0.15) is 0 Å². The van der Waals surface area contributed by atoms with Crippen molar-refractivity contribution in [1.82, 2.24) is 0 Å². The minimum atomic E-state index is -0.389. The van der Waals surface area contributed by atoms with E-state index in [1.807, 2.05) is 25.1 Å². The van der Waals surface area contributed by atoms with E-state index < -0.39 is 0 Å². The lowest BCUT2D eigenvalue weighted by molar-refractivity contribution is 0.0638. The van der Waals surface area contributed by atoms with Gasteiger partial charge in [-0.25, -0.2) is 0 Å². The first-order valence-electron chi connectivity index (χ1n) is 6.68. The molecule has 3 nitrogen and oxygen atoms in total. The number of ether oxygens (including phenoxy) is 1. The highest BCUT2D eigenvalue weighted by Gasteiger charge is 2.32. The van der Waals surface area contributed by atoms with Crippen LogP contribution < -0.4 is 4.90 Å². The number of hydrogen-bond acceptors (Lipinski definition) is 3. The summed E-state index contributed by atoms with van der Waals surface area (Å²) in [6.07, 6.45) is 0.349. The maximum atomic E-state index is 10.2. The van der Waals surface area contributed by atoms with Gasteiger partial charge in [0.2, 0.25) is 0 Å². The van der Waals surface area contributed by atoms with Crippen LogP contribution in [-0.2, 0) is 4.74 Å². The second-order valence-corrected chi connectivity index (χ2v) is 5.50. The molecule has 0 radical (unpaired) electrons. The summed E-state index contributed by atoms with van der Waals surface area (Å²) in [6.45, 7) is 8.72. The molecule has 0 aliphatic carbocycles. The van der Waals surface area contributed by atoms with Crippen LogP contribution >= 0.6 is 0 Å². The molecule has 2 rings (SSSR count). The molecule has 1 fully saturated rings. The van der Waals surface area contributed by atoms with E-state index in [-0.39, 0.29) is 11.6 Å². The van der Waals surface area contributed by atoms with Gasteiger partial charge in [-0.05, 0) is 26.3 Å². The summed E-state index contributed by atoms with van der Waals surface area (Å²) in [4.78, 5) is 2.35. The molecule has 0 amide bonds. The summed E-state index contributed by atoms with van der Waals surface area (Å²) in [7, 11) is 0. The van der Waals surface area contributed by atoms with E-state index in [0.717, 1.165) is 37.4 Å². The first-order valence-corrected chi connectivity index (χ1v) is 6.68. The van der Waals surface area contributed by atoms with Gasteiger partial charge in [0.05, 0.1) is 24.9 Å². The van der Waals surface area contributed by atoms with Crippen LogP contribution in [0.1, 0.15) is 38.9 Å². The van der Waals surface area contributed by atoms with Gasteiger partial charge in [-0.15, -0.1) is 0 Å².